The Hall–Kier alpha value is -1.55. The maximum atomic E-state index is 11.9. The average Bonchev–Trinajstić information content (AvgIpc) is 3.13. The van der Waals surface area contributed by atoms with Crippen LogP contribution in [-0.2, 0) is 9.53 Å². The van der Waals surface area contributed by atoms with Crippen LogP contribution in [0.5, 0.6) is 5.75 Å². The highest BCUT2D eigenvalue weighted by atomic mass is 16.5. The standard InChI is InChI=1S/C16H21NO3/c18-16(15-6-3-11-19-15)17-12-7-9-14(10-8-12)20-13-4-1-2-5-13/h7-10,13,15H,1-6,11H2,(H,17,18)/t15-/m0/s1. The van der Waals surface area contributed by atoms with Crippen molar-refractivity contribution in [1.29, 1.82) is 0 Å². The summed E-state index contributed by atoms with van der Waals surface area (Å²) in [5.41, 5.74) is 0.796. The van der Waals surface area contributed by atoms with Crippen molar-refractivity contribution in [3.8, 4) is 5.75 Å². The third kappa shape index (κ3) is 3.31. The number of benzene rings is 1. The van der Waals surface area contributed by atoms with Crippen molar-refractivity contribution in [2.45, 2.75) is 50.7 Å². The Morgan fingerprint density at radius 2 is 1.85 bits per heavy atom. The van der Waals surface area contributed by atoms with Gasteiger partial charge in [0.1, 0.15) is 11.9 Å². The largest absolute Gasteiger partial charge is 0.490 e. The number of ether oxygens (including phenoxy) is 2. The number of amides is 1. The topological polar surface area (TPSA) is 47.6 Å². The van der Waals surface area contributed by atoms with Gasteiger partial charge in [0, 0.05) is 12.3 Å². The summed E-state index contributed by atoms with van der Waals surface area (Å²) in [5, 5.41) is 2.89. The summed E-state index contributed by atoms with van der Waals surface area (Å²) in [4.78, 5) is 11.9. The summed E-state index contributed by atoms with van der Waals surface area (Å²) in [5.74, 6) is 0.832. The van der Waals surface area contributed by atoms with E-state index in [2.05, 4.69) is 5.32 Å². The molecule has 1 saturated carbocycles. The van der Waals surface area contributed by atoms with Crippen molar-refractivity contribution < 1.29 is 14.3 Å². The zero-order chi connectivity index (χ0) is 13.8. The van der Waals surface area contributed by atoms with E-state index in [-0.39, 0.29) is 12.0 Å². The summed E-state index contributed by atoms with van der Waals surface area (Å²) < 4.78 is 11.3. The molecule has 1 aliphatic heterocycles. The summed E-state index contributed by atoms with van der Waals surface area (Å²) in [6, 6.07) is 7.61. The van der Waals surface area contributed by atoms with Gasteiger partial charge in [-0.15, -0.1) is 0 Å². The van der Waals surface area contributed by atoms with Crippen LogP contribution in [0.15, 0.2) is 24.3 Å². The third-order valence-corrected chi connectivity index (χ3v) is 3.95. The molecule has 1 aromatic rings. The van der Waals surface area contributed by atoms with E-state index in [4.69, 9.17) is 9.47 Å². The Morgan fingerprint density at radius 1 is 1.10 bits per heavy atom. The molecule has 0 bridgehead atoms. The van der Waals surface area contributed by atoms with E-state index >= 15 is 0 Å². The molecule has 0 radical (unpaired) electrons. The molecule has 0 spiro atoms. The predicted octanol–water partition coefficient (Wildman–Crippen LogP) is 3.13. The van der Waals surface area contributed by atoms with E-state index in [1.165, 1.54) is 12.8 Å². The maximum Gasteiger partial charge on any atom is 0.253 e. The maximum absolute atomic E-state index is 11.9. The summed E-state index contributed by atoms with van der Waals surface area (Å²) in [7, 11) is 0. The van der Waals surface area contributed by atoms with Crippen LogP contribution in [-0.4, -0.2) is 24.7 Å². The Bertz CT molecular complexity index is 445. The van der Waals surface area contributed by atoms with Gasteiger partial charge in [0.25, 0.3) is 5.91 Å². The van der Waals surface area contributed by atoms with Crippen molar-refractivity contribution in [2.24, 2.45) is 0 Å². The fourth-order valence-corrected chi connectivity index (χ4v) is 2.82. The first kappa shape index (κ1) is 13.4. The average molecular weight is 275 g/mol. The van der Waals surface area contributed by atoms with Gasteiger partial charge >= 0.3 is 0 Å². The zero-order valence-electron chi connectivity index (χ0n) is 11.6. The molecule has 1 atom stereocenters. The molecule has 20 heavy (non-hydrogen) atoms. The van der Waals surface area contributed by atoms with Gasteiger partial charge in [-0.05, 0) is 62.8 Å². The Labute approximate surface area is 119 Å². The molecule has 0 unspecified atom stereocenters. The minimum Gasteiger partial charge on any atom is -0.490 e. The van der Waals surface area contributed by atoms with Gasteiger partial charge in [-0.2, -0.15) is 0 Å². The number of nitrogens with one attached hydrogen (secondary N) is 1. The minimum atomic E-state index is -0.288. The number of rotatable bonds is 4. The number of anilines is 1. The van der Waals surface area contributed by atoms with Crippen LogP contribution in [0.2, 0.25) is 0 Å². The quantitative estimate of drug-likeness (QED) is 0.918. The molecular weight excluding hydrogens is 254 g/mol. The van der Waals surface area contributed by atoms with Gasteiger partial charge in [-0.1, -0.05) is 0 Å². The molecular formula is C16H21NO3. The van der Waals surface area contributed by atoms with Crippen LogP contribution in [0.25, 0.3) is 0 Å². The molecule has 1 aliphatic carbocycles. The van der Waals surface area contributed by atoms with Crippen LogP contribution < -0.4 is 10.1 Å². The van der Waals surface area contributed by atoms with Crippen LogP contribution in [0.4, 0.5) is 5.69 Å². The van der Waals surface area contributed by atoms with Crippen molar-refractivity contribution in [2.75, 3.05) is 11.9 Å². The molecule has 108 valence electrons. The number of carbonyl (C=O) groups excluding carboxylic acids is 1. The zero-order valence-corrected chi connectivity index (χ0v) is 11.6. The van der Waals surface area contributed by atoms with E-state index in [0.29, 0.717) is 12.7 Å². The monoisotopic (exact) mass is 275 g/mol. The first-order chi connectivity index (χ1) is 9.81. The van der Waals surface area contributed by atoms with Crippen LogP contribution in [0.3, 0.4) is 0 Å². The molecule has 4 heteroatoms. The fraction of sp³-hybridized carbons (Fsp3) is 0.562. The molecule has 1 N–H and O–H groups in total. The van der Waals surface area contributed by atoms with Crippen molar-refractivity contribution in [3.05, 3.63) is 24.3 Å². The van der Waals surface area contributed by atoms with Crippen LogP contribution in [0, 0.1) is 0 Å². The van der Waals surface area contributed by atoms with Gasteiger partial charge in [0.15, 0.2) is 0 Å². The van der Waals surface area contributed by atoms with Crippen molar-refractivity contribution in [3.63, 3.8) is 0 Å². The fourth-order valence-electron chi connectivity index (χ4n) is 2.82. The lowest BCUT2D eigenvalue weighted by molar-refractivity contribution is -0.124. The van der Waals surface area contributed by atoms with E-state index < -0.39 is 0 Å². The van der Waals surface area contributed by atoms with E-state index in [1.54, 1.807) is 0 Å². The molecule has 1 heterocycles. The smallest absolute Gasteiger partial charge is 0.253 e. The predicted molar refractivity (Wildman–Crippen MR) is 76.9 cm³/mol. The van der Waals surface area contributed by atoms with E-state index in [0.717, 1.165) is 37.1 Å². The highest BCUT2D eigenvalue weighted by Gasteiger charge is 2.23. The number of hydrogen-bond donors (Lipinski definition) is 1. The SMILES string of the molecule is O=C(Nc1ccc(OC2CCCC2)cc1)[C@@H]1CCCO1. The second-order valence-corrected chi connectivity index (χ2v) is 5.54. The lowest BCUT2D eigenvalue weighted by Gasteiger charge is -2.14. The Morgan fingerprint density at radius 3 is 2.50 bits per heavy atom. The van der Waals surface area contributed by atoms with E-state index in [9.17, 15) is 4.79 Å². The van der Waals surface area contributed by atoms with Crippen LogP contribution in [0.1, 0.15) is 38.5 Å². The van der Waals surface area contributed by atoms with Crippen LogP contribution >= 0.6 is 0 Å². The summed E-state index contributed by atoms with van der Waals surface area (Å²) >= 11 is 0. The highest BCUT2D eigenvalue weighted by Crippen LogP contribution is 2.25. The van der Waals surface area contributed by atoms with Crippen molar-refractivity contribution in [1.82, 2.24) is 0 Å². The second kappa shape index (κ2) is 6.27. The Kier molecular flexibility index (Phi) is 4.21. The lowest BCUT2D eigenvalue weighted by atomic mass is 10.2. The first-order valence-corrected chi connectivity index (χ1v) is 7.50. The third-order valence-electron chi connectivity index (χ3n) is 3.95. The van der Waals surface area contributed by atoms with Crippen molar-refractivity contribution >= 4 is 11.6 Å². The number of carbonyl (C=O) groups is 1. The summed E-state index contributed by atoms with van der Waals surface area (Å²) in [6.07, 6.45) is 6.68. The molecule has 3 rings (SSSR count). The molecule has 1 aromatic carbocycles. The second-order valence-electron chi connectivity index (χ2n) is 5.54. The van der Waals surface area contributed by atoms with Gasteiger partial charge in [-0.3, -0.25) is 4.79 Å². The molecule has 0 aromatic heterocycles. The van der Waals surface area contributed by atoms with Gasteiger partial charge in [0.05, 0.1) is 6.10 Å². The summed E-state index contributed by atoms with van der Waals surface area (Å²) in [6.45, 7) is 0.687. The number of hydrogen-bond acceptors (Lipinski definition) is 3. The van der Waals surface area contributed by atoms with Gasteiger partial charge < -0.3 is 14.8 Å². The minimum absolute atomic E-state index is 0.0491. The molecule has 4 nitrogen and oxygen atoms in total. The Balaban J connectivity index is 1.53. The first-order valence-electron chi connectivity index (χ1n) is 7.50. The lowest BCUT2D eigenvalue weighted by Crippen LogP contribution is -2.26. The normalized spacial score (nSPS) is 22.9. The van der Waals surface area contributed by atoms with Gasteiger partial charge in [-0.25, -0.2) is 0 Å². The molecule has 2 fully saturated rings. The molecule has 1 saturated heterocycles. The highest BCUT2D eigenvalue weighted by molar-refractivity contribution is 5.94. The van der Waals surface area contributed by atoms with E-state index in [1.807, 2.05) is 24.3 Å². The van der Waals surface area contributed by atoms with Gasteiger partial charge in [0.2, 0.25) is 0 Å². The molecule has 2 aliphatic rings. The molecule has 1 amide bonds.